The molecule has 0 saturated carbocycles. The molecule has 1 N–H and O–H groups in total. The predicted octanol–water partition coefficient (Wildman–Crippen LogP) is 0.0181. The number of nitrogens with one attached hydrogen (secondary N) is 1. The molecular formula is C19H17N3O6. The number of anilines is 1. The Bertz CT molecular complexity index is 971. The third-order valence-electron chi connectivity index (χ3n) is 5.81. The van der Waals surface area contributed by atoms with Crippen molar-refractivity contribution in [3.05, 3.63) is 23.3 Å². The number of piperidine rings is 2. The number of fused-ring (bicyclic) bond motifs is 5. The Morgan fingerprint density at radius 3 is 2.64 bits per heavy atom. The largest absolute Gasteiger partial charge is 0.488 e. The summed E-state index contributed by atoms with van der Waals surface area (Å²) in [5.74, 6) is -1.69. The summed E-state index contributed by atoms with van der Waals surface area (Å²) in [6.07, 6.45) is 1.01. The molecule has 2 fully saturated rings. The van der Waals surface area contributed by atoms with E-state index in [0.29, 0.717) is 30.8 Å². The fraction of sp³-hybridized carbons (Fsp3) is 0.421. The van der Waals surface area contributed by atoms with Crippen LogP contribution < -0.4 is 15.0 Å². The molecule has 9 nitrogen and oxygen atoms in total. The zero-order valence-electron chi connectivity index (χ0n) is 14.9. The second-order valence-electron chi connectivity index (χ2n) is 7.43. The first-order chi connectivity index (χ1) is 13.5. The average molecular weight is 383 g/mol. The number of ketones is 1. The number of benzene rings is 1. The lowest BCUT2D eigenvalue weighted by Crippen LogP contribution is -2.54. The molecule has 0 radical (unpaired) electrons. The van der Waals surface area contributed by atoms with Gasteiger partial charge in [0.1, 0.15) is 18.4 Å². The van der Waals surface area contributed by atoms with E-state index < -0.39 is 29.7 Å². The summed E-state index contributed by atoms with van der Waals surface area (Å²) in [4.78, 5) is 64.3. The van der Waals surface area contributed by atoms with Crippen LogP contribution in [0.4, 0.5) is 5.69 Å². The zero-order chi connectivity index (χ0) is 19.6. The van der Waals surface area contributed by atoms with Crippen LogP contribution >= 0.6 is 0 Å². The van der Waals surface area contributed by atoms with E-state index in [1.54, 1.807) is 12.1 Å². The summed E-state index contributed by atoms with van der Waals surface area (Å²) in [7, 11) is 0. The topological polar surface area (TPSA) is 113 Å². The van der Waals surface area contributed by atoms with E-state index in [4.69, 9.17) is 4.74 Å². The van der Waals surface area contributed by atoms with E-state index in [1.165, 1.54) is 0 Å². The fourth-order valence-corrected chi connectivity index (χ4v) is 4.44. The number of carbonyl (C=O) groups is 5. The van der Waals surface area contributed by atoms with Gasteiger partial charge in [0.25, 0.3) is 11.8 Å². The van der Waals surface area contributed by atoms with Crippen LogP contribution in [0.25, 0.3) is 0 Å². The van der Waals surface area contributed by atoms with Crippen molar-refractivity contribution in [2.75, 3.05) is 18.1 Å². The van der Waals surface area contributed by atoms with Gasteiger partial charge < -0.3 is 9.64 Å². The van der Waals surface area contributed by atoms with E-state index >= 15 is 0 Å². The fourth-order valence-electron chi connectivity index (χ4n) is 4.44. The summed E-state index contributed by atoms with van der Waals surface area (Å²) in [5, 5.41) is 2.18. The molecule has 4 amide bonds. The molecule has 1 aromatic rings. The molecule has 0 aliphatic carbocycles. The van der Waals surface area contributed by atoms with Crippen molar-refractivity contribution >= 4 is 35.1 Å². The van der Waals surface area contributed by atoms with Crippen molar-refractivity contribution in [2.45, 2.75) is 37.8 Å². The molecule has 0 aromatic heterocycles. The van der Waals surface area contributed by atoms with Gasteiger partial charge >= 0.3 is 0 Å². The maximum atomic E-state index is 13.1. The molecular weight excluding hydrogens is 366 g/mol. The number of hydrogen-bond donors (Lipinski definition) is 1. The lowest BCUT2D eigenvalue weighted by Gasteiger charge is -2.41. The molecule has 2 saturated heterocycles. The van der Waals surface area contributed by atoms with E-state index in [2.05, 4.69) is 5.32 Å². The summed E-state index contributed by atoms with van der Waals surface area (Å²) in [6.45, 7) is 0.798. The highest BCUT2D eigenvalue weighted by Crippen LogP contribution is 2.44. The van der Waals surface area contributed by atoms with E-state index in [9.17, 15) is 24.0 Å². The molecule has 4 aliphatic heterocycles. The van der Waals surface area contributed by atoms with Gasteiger partial charge in [0.2, 0.25) is 11.8 Å². The van der Waals surface area contributed by atoms with Crippen molar-refractivity contribution in [3.63, 3.8) is 0 Å². The molecule has 1 aromatic carbocycles. The van der Waals surface area contributed by atoms with E-state index in [0.717, 1.165) is 4.90 Å². The SMILES string of the molecule is O=C1CCN2c3ccc4c(c3OC[C@@H]2C1)C(=O)N(C1CCC(=O)NC1=O)C4=O. The summed E-state index contributed by atoms with van der Waals surface area (Å²) in [5.41, 5.74) is 1.04. The smallest absolute Gasteiger partial charge is 0.266 e. The Balaban J connectivity index is 1.53. The van der Waals surface area contributed by atoms with Gasteiger partial charge in [-0.3, -0.25) is 34.2 Å². The van der Waals surface area contributed by atoms with Crippen molar-refractivity contribution < 1.29 is 28.7 Å². The van der Waals surface area contributed by atoms with Crippen LogP contribution in [0.3, 0.4) is 0 Å². The highest BCUT2D eigenvalue weighted by molar-refractivity contribution is 6.25. The number of carbonyl (C=O) groups excluding carboxylic acids is 5. The number of Topliss-reactive ketones (excluding diaryl/α,β-unsaturated/α-hetero) is 1. The van der Waals surface area contributed by atoms with Gasteiger partial charge in [-0.1, -0.05) is 0 Å². The van der Waals surface area contributed by atoms with Crippen LogP contribution in [0.1, 0.15) is 46.4 Å². The lowest BCUT2D eigenvalue weighted by atomic mass is 9.97. The molecule has 4 aliphatic rings. The molecule has 5 rings (SSSR count). The number of ether oxygens (including phenoxy) is 1. The van der Waals surface area contributed by atoms with Crippen LogP contribution in [-0.2, 0) is 14.4 Å². The van der Waals surface area contributed by atoms with E-state index in [1.807, 2.05) is 4.90 Å². The summed E-state index contributed by atoms with van der Waals surface area (Å²) in [6, 6.07) is 2.22. The summed E-state index contributed by atoms with van der Waals surface area (Å²) >= 11 is 0. The van der Waals surface area contributed by atoms with Gasteiger partial charge in [0, 0.05) is 25.8 Å². The van der Waals surface area contributed by atoms with E-state index in [-0.39, 0.29) is 42.4 Å². The first-order valence-corrected chi connectivity index (χ1v) is 9.25. The van der Waals surface area contributed by atoms with Crippen LogP contribution in [0.2, 0.25) is 0 Å². The summed E-state index contributed by atoms with van der Waals surface area (Å²) < 4.78 is 5.83. The van der Waals surface area contributed by atoms with Gasteiger partial charge in [-0.15, -0.1) is 0 Å². The zero-order valence-corrected chi connectivity index (χ0v) is 14.9. The number of nitrogens with zero attached hydrogens (tertiary/aromatic N) is 2. The quantitative estimate of drug-likeness (QED) is 0.680. The van der Waals surface area contributed by atoms with Gasteiger partial charge in [-0.2, -0.15) is 0 Å². The molecule has 1 unspecified atom stereocenters. The molecule has 4 heterocycles. The molecule has 144 valence electrons. The predicted molar refractivity (Wildman–Crippen MR) is 94.0 cm³/mol. The molecule has 9 heteroatoms. The van der Waals surface area contributed by atoms with Crippen LogP contribution in [0.15, 0.2) is 12.1 Å². The number of imide groups is 2. The highest BCUT2D eigenvalue weighted by atomic mass is 16.5. The molecule has 2 atom stereocenters. The third kappa shape index (κ3) is 2.28. The molecule has 28 heavy (non-hydrogen) atoms. The minimum absolute atomic E-state index is 0.0713. The van der Waals surface area contributed by atoms with Crippen LogP contribution in [-0.4, -0.2) is 59.5 Å². The Labute approximate surface area is 159 Å². The monoisotopic (exact) mass is 383 g/mol. The highest BCUT2D eigenvalue weighted by Gasteiger charge is 2.48. The Morgan fingerprint density at radius 2 is 1.86 bits per heavy atom. The number of hydrogen-bond acceptors (Lipinski definition) is 7. The van der Waals surface area contributed by atoms with Crippen LogP contribution in [0, 0.1) is 0 Å². The normalized spacial score (nSPS) is 26.5. The van der Waals surface area contributed by atoms with Crippen LogP contribution in [0.5, 0.6) is 5.75 Å². The minimum atomic E-state index is -1.01. The second-order valence-corrected chi connectivity index (χ2v) is 7.43. The number of amides is 4. The lowest BCUT2D eigenvalue weighted by molar-refractivity contribution is -0.136. The first-order valence-electron chi connectivity index (χ1n) is 9.25. The van der Waals surface area contributed by atoms with Crippen molar-refractivity contribution in [1.29, 1.82) is 0 Å². The minimum Gasteiger partial charge on any atom is -0.488 e. The Kier molecular flexibility index (Phi) is 3.55. The third-order valence-corrected chi connectivity index (χ3v) is 5.81. The Morgan fingerprint density at radius 1 is 1.04 bits per heavy atom. The van der Waals surface area contributed by atoms with Crippen molar-refractivity contribution in [1.82, 2.24) is 10.2 Å². The maximum Gasteiger partial charge on any atom is 0.266 e. The average Bonchev–Trinajstić information content (AvgIpc) is 2.92. The van der Waals surface area contributed by atoms with Gasteiger partial charge in [0.15, 0.2) is 5.75 Å². The molecule has 0 spiro atoms. The second kappa shape index (κ2) is 5.88. The van der Waals surface area contributed by atoms with Gasteiger partial charge in [0.05, 0.1) is 22.9 Å². The van der Waals surface area contributed by atoms with Crippen molar-refractivity contribution in [3.8, 4) is 5.75 Å². The van der Waals surface area contributed by atoms with Gasteiger partial charge in [-0.25, -0.2) is 0 Å². The number of rotatable bonds is 1. The molecule has 0 bridgehead atoms. The van der Waals surface area contributed by atoms with Crippen molar-refractivity contribution in [2.24, 2.45) is 0 Å². The Hall–Kier alpha value is -3.23. The maximum absolute atomic E-state index is 13.1. The van der Waals surface area contributed by atoms with Gasteiger partial charge in [-0.05, 0) is 18.6 Å². The standard InChI is InChI=1S/C19H17N3O6/c23-10-5-6-21-9(7-10)8-28-16-12(21)2-1-11-15(16)19(27)22(18(11)26)13-3-4-14(24)20-17(13)25/h1-2,9,13H,3-8H2,(H,20,24,25)/t9-,13?/m0/s1. The first kappa shape index (κ1) is 16.9.